The van der Waals surface area contributed by atoms with Gasteiger partial charge in [-0.25, -0.2) is 19.3 Å². The Morgan fingerprint density at radius 2 is 1.80 bits per heavy atom. The number of aromatic nitrogens is 3. The highest BCUT2D eigenvalue weighted by atomic mass is 16.6. The van der Waals surface area contributed by atoms with Crippen LogP contribution in [0.3, 0.4) is 0 Å². The standard InChI is InChI=1S/C22H23N5O3/c1-2-13-26-21(28)19-20(25-18(24-19)15-17-8-11-23-12-9-17)27(30,22(26)29)14-10-16-6-4-3-5-7-16/h3-9,11-12H,2,10,13-15H2,1H3,(H,24,25). The van der Waals surface area contributed by atoms with Crippen LogP contribution in [0.4, 0.5) is 10.6 Å². The number of benzene rings is 1. The van der Waals surface area contributed by atoms with E-state index in [2.05, 4.69) is 15.0 Å². The number of fused-ring (bicyclic) bond motifs is 1. The lowest BCUT2D eigenvalue weighted by molar-refractivity contribution is 0.0744. The molecule has 3 aromatic rings. The Hall–Kier alpha value is -3.36. The molecule has 154 valence electrons. The number of rotatable bonds is 7. The molecule has 0 aliphatic carbocycles. The summed E-state index contributed by atoms with van der Waals surface area (Å²) in [4.78, 5) is 38.4. The number of hydrogen-bond acceptors (Lipinski definition) is 5. The van der Waals surface area contributed by atoms with E-state index in [9.17, 15) is 14.8 Å². The molecule has 1 unspecified atom stereocenters. The molecule has 1 aliphatic rings. The molecular weight excluding hydrogens is 382 g/mol. The van der Waals surface area contributed by atoms with E-state index in [-0.39, 0.29) is 24.6 Å². The van der Waals surface area contributed by atoms with Crippen molar-refractivity contribution in [1.82, 2.24) is 24.5 Å². The smallest absolute Gasteiger partial charge is 0.432 e. The number of pyridine rings is 1. The number of hydroxylamine groups is 2. The Balaban J connectivity index is 1.70. The number of carbonyl (C=O) groups is 2. The number of urea groups is 1. The summed E-state index contributed by atoms with van der Waals surface area (Å²) >= 11 is 0. The first-order chi connectivity index (χ1) is 14.5. The van der Waals surface area contributed by atoms with Crippen LogP contribution in [-0.2, 0) is 12.8 Å². The van der Waals surface area contributed by atoms with Gasteiger partial charge >= 0.3 is 6.03 Å². The zero-order valence-electron chi connectivity index (χ0n) is 16.7. The van der Waals surface area contributed by atoms with E-state index in [1.807, 2.05) is 49.4 Å². The molecule has 2 aromatic heterocycles. The second kappa shape index (κ2) is 8.17. The van der Waals surface area contributed by atoms with E-state index in [0.29, 0.717) is 25.1 Å². The fourth-order valence-electron chi connectivity index (χ4n) is 3.66. The van der Waals surface area contributed by atoms with Crippen LogP contribution in [0.2, 0.25) is 0 Å². The van der Waals surface area contributed by atoms with E-state index < -0.39 is 16.6 Å². The first-order valence-corrected chi connectivity index (χ1v) is 10.0. The summed E-state index contributed by atoms with van der Waals surface area (Å²) in [6, 6.07) is 12.4. The Bertz CT molecular complexity index is 1050. The molecule has 0 bridgehead atoms. The van der Waals surface area contributed by atoms with Gasteiger partial charge in [0.1, 0.15) is 5.82 Å². The molecule has 0 saturated heterocycles. The summed E-state index contributed by atoms with van der Waals surface area (Å²) in [5.41, 5.74) is 1.93. The highest BCUT2D eigenvalue weighted by Gasteiger charge is 2.48. The molecule has 4 rings (SSSR count). The fraction of sp³-hybridized carbons (Fsp3) is 0.273. The maximum Gasteiger partial charge on any atom is 0.432 e. The molecule has 1 aliphatic heterocycles. The Morgan fingerprint density at radius 3 is 2.50 bits per heavy atom. The number of imide groups is 1. The molecule has 0 saturated carbocycles. The zero-order valence-corrected chi connectivity index (χ0v) is 16.7. The number of nitrogens with zero attached hydrogens (tertiary/aromatic N) is 4. The number of amides is 3. The lowest BCUT2D eigenvalue weighted by Crippen LogP contribution is -2.62. The minimum absolute atomic E-state index is 0.0137. The largest absolute Gasteiger partial charge is 0.617 e. The minimum atomic E-state index is -1.25. The molecular formula is C22H23N5O3. The average molecular weight is 405 g/mol. The van der Waals surface area contributed by atoms with E-state index in [0.717, 1.165) is 16.0 Å². The SMILES string of the molecule is CCCN1C(=O)c2nc(Cc3ccncc3)[nH]c2[N+]([O-])(CCc2ccccc2)C1=O. The summed E-state index contributed by atoms with van der Waals surface area (Å²) in [6.07, 6.45) is 4.72. The summed E-state index contributed by atoms with van der Waals surface area (Å²) in [5.74, 6) is -0.0144. The highest BCUT2D eigenvalue weighted by Crippen LogP contribution is 2.33. The maximum atomic E-state index is 13.9. The predicted molar refractivity (Wildman–Crippen MR) is 113 cm³/mol. The van der Waals surface area contributed by atoms with E-state index in [4.69, 9.17) is 0 Å². The molecule has 0 spiro atoms. The average Bonchev–Trinajstić information content (AvgIpc) is 3.20. The van der Waals surface area contributed by atoms with Gasteiger partial charge in [-0.3, -0.25) is 14.8 Å². The molecule has 1 atom stereocenters. The molecule has 0 radical (unpaired) electrons. The summed E-state index contributed by atoms with van der Waals surface area (Å²) in [5, 5.41) is 13.9. The number of nitrogens with one attached hydrogen (secondary N) is 1. The van der Waals surface area contributed by atoms with Crippen LogP contribution in [0, 0.1) is 5.21 Å². The van der Waals surface area contributed by atoms with Crippen LogP contribution in [0.25, 0.3) is 0 Å². The summed E-state index contributed by atoms with van der Waals surface area (Å²) in [7, 11) is 0. The number of carbonyl (C=O) groups excluding carboxylic acids is 2. The van der Waals surface area contributed by atoms with Gasteiger partial charge in [-0.2, -0.15) is 0 Å². The molecule has 0 fully saturated rings. The molecule has 1 aromatic carbocycles. The van der Waals surface area contributed by atoms with Gasteiger partial charge in [0.25, 0.3) is 5.91 Å². The van der Waals surface area contributed by atoms with Crippen molar-refractivity contribution >= 4 is 17.8 Å². The van der Waals surface area contributed by atoms with Crippen molar-refractivity contribution in [2.45, 2.75) is 26.2 Å². The van der Waals surface area contributed by atoms with Crippen LogP contribution in [-0.4, -0.2) is 44.9 Å². The quantitative estimate of drug-likeness (QED) is 0.479. The molecule has 30 heavy (non-hydrogen) atoms. The van der Waals surface area contributed by atoms with Crippen molar-refractivity contribution < 1.29 is 9.59 Å². The minimum Gasteiger partial charge on any atom is -0.617 e. The monoisotopic (exact) mass is 405 g/mol. The van der Waals surface area contributed by atoms with E-state index in [1.165, 1.54) is 0 Å². The topological polar surface area (TPSA) is 102 Å². The van der Waals surface area contributed by atoms with Gasteiger partial charge in [-0.15, -0.1) is 0 Å². The second-order valence-corrected chi connectivity index (χ2v) is 7.35. The van der Waals surface area contributed by atoms with Gasteiger partial charge in [0, 0.05) is 31.8 Å². The summed E-state index contributed by atoms with van der Waals surface area (Å²) in [6.45, 7) is 2.04. The highest BCUT2D eigenvalue weighted by molar-refractivity contribution is 6.13. The van der Waals surface area contributed by atoms with Crippen LogP contribution in [0.5, 0.6) is 0 Å². The van der Waals surface area contributed by atoms with Crippen LogP contribution in [0.15, 0.2) is 54.9 Å². The number of aromatic amines is 1. The van der Waals surface area contributed by atoms with Gasteiger partial charge in [0.2, 0.25) is 11.5 Å². The molecule has 8 nitrogen and oxygen atoms in total. The first-order valence-electron chi connectivity index (χ1n) is 10.0. The number of H-pyrrole nitrogens is 1. The van der Waals surface area contributed by atoms with Gasteiger partial charge in [0.15, 0.2) is 0 Å². The second-order valence-electron chi connectivity index (χ2n) is 7.35. The van der Waals surface area contributed by atoms with Crippen molar-refractivity contribution in [2.75, 3.05) is 13.1 Å². The molecule has 1 N–H and O–H groups in total. The lowest BCUT2D eigenvalue weighted by Gasteiger charge is -2.43. The Labute approximate surface area is 174 Å². The van der Waals surface area contributed by atoms with Crippen molar-refractivity contribution in [3.8, 4) is 0 Å². The number of quaternary nitrogens is 1. The molecule has 8 heteroatoms. The Kier molecular flexibility index (Phi) is 5.43. The maximum absolute atomic E-state index is 13.9. The molecule has 3 amide bonds. The summed E-state index contributed by atoms with van der Waals surface area (Å²) < 4.78 is -1.25. The zero-order chi connectivity index (χ0) is 21.1. The number of hydrogen-bond donors (Lipinski definition) is 1. The predicted octanol–water partition coefficient (Wildman–Crippen LogP) is 3.43. The van der Waals surface area contributed by atoms with Gasteiger partial charge < -0.3 is 5.21 Å². The van der Waals surface area contributed by atoms with Crippen molar-refractivity contribution in [3.63, 3.8) is 0 Å². The van der Waals surface area contributed by atoms with Gasteiger partial charge in [-0.1, -0.05) is 37.3 Å². The third kappa shape index (κ3) is 3.62. The van der Waals surface area contributed by atoms with Gasteiger partial charge in [0.05, 0.1) is 6.54 Å². The lowest BCUT2D eigenvalue weighted by atomic mass is 10.1. The van der Waals surface area contributed by atoms with E-state index >= 15 is 0 Å². The van der Waals surface area contributed by atoms with Crippen LogP contribution >= 0.6 is 0 Å². The van der Waals surface area contributed by atoms with Gasteiger partial charge in [-0.05, 0) is 29.7 Å². The third-order valence-electron chi connectivity index (χ3n) is 5.21. The fourth-order valence-corrected chi connectivity index (χ4v) is 3.66. The normalized spacial score (nSPS) is 18.5. The van der Waals surface area contributed by atoms with E-state index in [1.54, 1.807) is 12.4 Å². The van der Waals surface area contributed by atoms with Crippen molar-refractivity contribution in [1.29, 1.82) is 0 Å². The van der Waals surface area contributed by atoms with Crippen molar-refractivity contribution in [2.24, 2.45) is 0 Å². The Morgan fingerprint density at radius 1 is 1.07 bits per heavy atom. The molecule has 3 heterocycles. The number of imidazole rings is 1. The van der Waals surface area contributed by atoms with Crippen molar-refractivity contribution in [3.05, 3.63) is 82.7 Å². The van der Waals surface area contributed by atoms with Crippen LogP contribution in [0.1, 0.15) is 40.8 Å². The first kappa shape index (κ1) is 19.9. The third-order valence-corrected chi connectivity index (χ3v) is 5.21. The van der Waals surface area contributed by atoms with Crippen LogP contribution < -0.4 is 4.65 Å².